The van der Waals surface area contributed by atoms with Crippen molar-refractivity contribution in [2.75, 3.05) is 19.6 Å². The molecule has 2 aliphatic rings. The summed E-state index contributed by atoms with van der Waals surface area (Å²) in [4.78, 5) is 13.7. The summed E-state index contributed by atoms with van der Waals surface area (Å²) >= 11 is 0. The van der Waals surface area contributed by atoms with E-state index in [0.29, 0.717) is 25.2 Å². The number of likely N-dealkylation sites (tertiary alicyclic amines) is 1. The summed E-state index contributed by atoms with van der Waals surface area (Å²) < 4.78 is 40.1. The smallest absolute Gasteiger partial charge is 0.243 e. The van der Waals surface area contributed by atoms with Gasteiger partial charge in [-0.3, -0.25) is 4.79 Å². The highest BCUT2D eigenvalue weighted by Gasteiger charge is 2.31. The Hall–Kier alpha value is -1.51. The van der Waals surface area contributed by atoms with Crippen molar-refractivity contribution in [1.29, 1.82) is 0 Å². The Morgan fingerprint density at radius 1 is 1.25 bits per heavy atom. The van der Waals surface area contributed by atoms with E-state index in [1.807, 2.05) is 0 Å². The van der Waals surface area contributed by atoms with Crippen molar-refractivity contribution in [1.82, 2.24) is 14.9 Å². The van der Waals surface area contributed by atoms with Crippen molar-refractivity contribution >= 4 is 15.9 Å². The van der Waals surface area contributed by atoms with Crippen molar-refractivity contribution in [3.63, 3.8) is 0 Å². The number of benzene rings is 1. The highest BCUT2D eigenvalue weighted by molar-refractivity contribution is 7.89. The topological polar surface area (TPSA) is 78.5 Å². The number of nitrogens with one attached hydrogen (secondary N) is 2. The van der Waals surface area contributed by atoms with Crippen LogP contribution in [0.5, 0.6) is 0 Å². The highest BCUT2D eigenvalue weighted by Crippen LogP contribution is 2.20. The van der Waals surface area contributed by atoms with E-state index in [1.54, 1.807) is 4.90 Å². The summed E-state index contributed by atoms with van der Waals surface area (Å²) in [6, 6.07) is 6.03. The van der Waals surface area contributed by atoms with Crippen LogP contribution in [-0.4, -0.2) is 50.9 Å². The molecule has 0 saturated carbocycles. The van der Waals surface area contributed by atoms with Crippen LogP contribution in [0, 0.1) is 5.82 Å². The number of hydrogen-bond acceptors (Lipinski definition) is 4. The molecule has 2 heterocycles. The van der Waals surface area contributed by atoms with E-state index in [9.17, 15) is 17.6 Å². The summed E-state index contributed by atoms with van der Waals surface area (Å²) in [5.74, 6) is -0.869. The zero-order valence-corrected chi connectivity index (χ0v) is 14.2. The van der Waals surface area contributed by atoms with Gasteiger partial charge in [-0.1, -0.05) is 12.1 Å². The number of fused-ring (bicyclic) bond motifs is 2. The van der Waals surface area contributed by atoms with Crippen LogP contribution >= 0.6 is 0 Å². The van der Waals surface area contributed by atoms with E-state index >= 15 is 0 Å². The lowest BCUT2D eigenvalue weighted by molar-refractivity contribution is -0.131. The number of hydrogen-bond donors (Lipinski definition) is 2. The number of nitrogens with zero attached hydrogens (tertiary/aromatic N) is 1. The van der Waals surface area contributed by atoms with Crippen molar-refractivity contribution in [2.45, 2.75) is 42.7 Å². The van der Waals surface area contributed by atoms with E-state index in [1.165, 1.54) is 18.2 Å². The molecule has 0 spiro atoms. The molecule has 2 atom stereocenters. The lowest BCUT2D eigenvalue weighted by Gasteiger charge is -2.24. The van der Waals surface area contributed by atoms with Crippen LogP contribution in [0.3, 0.4) is 0 Å². The number of carbonyl (C=O) groups is 1. The van der Waals surface area contributed by atoms with Gasteiger partial charge in [0.05, 0.1) is 0 Å². The van der Waals surface area contributed by atoms with Gasteiger partial charge in [-0.15, -0.1) is 0 Å². The van der Waals surface area contributed by atoms with Crippen LogP contribution in [-0.2, 0) is 14.8 Å². The maximum Gasteiger partial charge on any atom is 0.243 e. The van der Waals surface area contributed by atoms with Crippen LogP contribution in [0.15, 0.2) is 29.2 Å². The van der Waals surface area contributed by atoms with Crippen LogP contribution in [0.25, 0.3) is 0 Å². The van der Waals surface area contributed by atoms with Gasteiger partial charge in [-0.05, 0) is 31.4 Å². The van der Waals surface area contributed by atoms with E-state index < -0.39 is 20.7 Å². The van der Waals surface area contributed by atoms with Gasteiger partial charge in [0.2, 0.25) is 15.9 Å². The molecule has 2 bridgehead atoms. The van der Waals surface area contributed by atoms with E-state index in [0.717, 1.165) is 25.3 Å². The Bertz CT molecular complexity index is 710. The van der Waals surface area contributed by atoms with Crippen LogP contribution in [0.4, 0.5) is 4.39 Å². The van der Waals surface area contributed by atoms with Crippen LogP contribution in [0.1, 0.15) is 25.7 Å². The number of sulfonamides is 1. The second kappa shape index (κ2) is 7.16. The second-order valence-electron chi connectivity index (χ2n) is 6.34. The molecule has 1 amide bonds. The molecule has 2 N–H and O–H groups in total. The normalized spacial score (nSPS) is 24.0. The number of amides is 1. The fraction of sp³-hybridized carbons (Fsp3) is 0.562. The predicted octanol–water partition coefficient (Wildman–Crippen LogP) is 0.847. The Morgan fingerprint density at radius 2 is 2.00 bits per heavy atom. The monoisotopic (exact) mass is 355 g/mol. The molecule has 3 rings (SSSR count). The van der Waals surface area contributed by atoms with Gasteiger partial charge in [-0.2, -0.15) is 0 Å². The molecular weight excluding hydrogens is 333 g/mol. The molecule has 2 fully saturated rings. The van der Waals surface area contributed by atoms with Gasteiger partial charge in [0.25, 0.3) is 0 Å². The third-order valence-corrected chi connectivity index (χ3v) is 6.13. The fourth-order valence-electron chi connectivity index (χ4n) is 3.36. The first-order valence-electron chi connectivity index (χ1n) is 8.24. The quantitative estimate of drug-likeness (QED) is 0.821. The van der Waals surface area contributed by atoms with E-state index in [2.05, 4.69) is 10.0 Å². The largest absolute Gasteiger partial charge is 0.341 e. The van der Waals surface area contributed by atoms with E-state index in [-0.39, 0.29) is 18.9 Å². The van der Waals surface area contributed by atoms with Crippen molar-refractivity contribution in [3.05, 3.63) is 30.1 Å². The highest BCUT2D eigenvalue weighted by atomic mass is 32.2. The standard InChI is InChI=1S/C16H22FN3O3S/c17-14-3-1-2-4-15(14)24(22,23)18-9-7-16(21)20-10-8-12-5-6-13(11-20)19-12/h1-4,12-13,18-19H,5-11H2. The fourth-order valence-corrected chi connectivity index (χ4v) is 4.47. The molecule has 2 saturated heterocycles. The van der Waals surface area contributed by atoms with Gasteiger partial charge in [0.1, 0.15) is 10.7 Å². The van der Waals surface area contributed by atoms with Gasteiger partial charge < -0.3 is 10.2 Å². The van der Waals surface area contributed by atoms with Crippen molar-refractivity contribution < 1.29 is 17.6 Å². The summed E-state index contributed by atoms with van der Waals surface area (Å²) in [6.07, 6.45) is 3.25. The molecule has 8 heteroatoms. The van der Waals surface area contributed by atoms with Gasteiger partial charge >= 0.3 is 0 Å². The third kappa shape index (κ3) is 3.93. The molecule has 1 aromatic rings. The maximum atomic E-state index is 13.6. The minimum Gasteiger partial charge on any atom is -0.341 e. The molecule has 6 nitrogen and oxygen atoms in total. The lowest BCUT2D eigenvalue weighted by atomic mass is 10.1. The van der Waals surface area contributed by atoms with Gasteiger partial charge in [-0.25, -0.2) is 17.5 Å². The molecule has 2 aliphatic heterocycles. The molecule has 2 unspecified atom stereocenters. The van der Waals surface area contributed by atoms with Crippen molar-refractivity contribution in [2.24, 2.45) is 0 Å². The Kier molecular flexibility index (Phi) is 5.17. The average molecular weight is 355 g/mol. The summed E-state index contributed by atoms with van der Waals surface area (Å²) in [6.45, 7) is 1.34. The van der Waals surface area contributed by atoms with Gasteiger partial charge in [0, 0.05) is 38.1 Å². The first kappa shape index (κ1) is 17.3. The zero-order valence-electron chi connectivity index (χ0n) is 13.4. The first-order chi connectivity index (χ1) is 11.5. The van der Waals surface area contributed by atoms with Crippen LogP contribution < -0.4 is 10.0 Å². The summed E-state index contributed by atoms with van der Waals surface area (Å²) in [5, 5.41) is 3.50. The number of carbonyl (C=O) groups excluding carboxylic acids is 1. The maximum absolute atomic E-state index is 13.6. The molecule has 24 heavy (non-hydrogen) atoms. The first-order valence-corrected chi connectivity index (χ1v) is 9.72. The zero-order chi connectivity index (χ0) is 17.2. The SMILES string of the molecule is O=C(CCNS(=O)(=O)c1ccccc1F)N1CCC2CCC(C1)N2. The summed E-state index contributed by atoms with van der Waals surface area (Å²) in [7, 11) is -3.94. The number of rotatable bonds is 5. The third-order valence-electron chi connectivity index (χ3n) is 4.63. The molecule has 1 aromatic carbocycles. The molecule has 132 valence electrons. The molecule has 0 aliphatic carbocycles. The Labute approximate surface area is 141 Å². The molecule has 0 aromatic heterocycles. The lowest BCUT2D eigenvalue weighted by Crippen LogP contribution is -2.40. The Balaban J connectivity index is 1.52. The summed E-state index contributed by atoms with van der Waals surface area (Å²) in [5.41, 5.74) is 0. The predicted molar refractivity (Wildman–Crippen MR) is 87.3 cm³/mol. The Morgan fingerprint density at radius 3 is 2.79 bits per heavy atom. The van der Waals surface area contributed by atoms with Crippen LogP contribution in [0.2, 0.25) is 0 Å². The second-order valence-corrected chi connectivity index (χ2v) is 8.08. The molecule has 0 radical (unpaired) electrons. The molecular formula is C16H22FN3O3S. The van der Waals surface area contributed by atoms with Crippen molar-refractivity contribution in [3.8, 4) is 0 Å². The van der Waals surface area contributed by atoms with E-state index in [4.69, 9.17) is 0 Å². The minimum absolute atomic E-state index is 0.0342. The average Bonchev–Trinajstić information content (AvgIpc) is 2.86. The minimum atomic E-state index is -3.94. The number of halogens is 1. The van der Waals surface area contributed by atoms with Gasteiger partial charge in [0.15, 0.2) is 0 Å².